The van der Waals surface area contributed by atoms with Crippen LogP contribution in [-0.4, -0.2) is 24.5 Å². The molecule has 3 rings (SSSR count). The highest BCUT2D eigenvalue weighted by atomic mass is 16.2. The van der Waals surface area contributed by atoms with Gasteiger partial charge in [0.15, 0.2) is 11.5 Å². The Morgan fingerprint density at radius 3 is 2.32 bits per heavy atom. The van der Waals surface area contributed by atoms with Crippen molar-refractivity contribution in [3.05, 3.63) is 39.3 Å². The Hall–Kier alpha value is -2.57. The van der Waals surface area contributed by atoms with E-state index in [0.29, 0.717) is 17.9 Å². The maximum absolute atomic E-state index is 12.2. The first-order valence-electron chi connectivity index (χ1n) is 10.5. The molecule has 0 bridgehead atoms. The maximum atomic E-state index is 12.2. The summed E-state index contributed by atoms with van der Waals surface area (Å²) in [5, 5.41) is 0. The quantitative estimate of drug-likeness (QED) is 0.400. The Balaban J connectivity index is 1.62. The highest BCUT2D eigenvalue weighted by Crippen LogP contribution is 2.20. The summed E-state index contributed by atoms with van der Waals surface area (Å²) in [6.45, 7) is 2.93. The molecule has 0 radical (unpaired) electrons. The van der Waals surface area contributed by atoms with Crippen molar-refractivity contribution in [2.45, 2.75) is 77.7 Å². The van der Waals surface area contributed by atoms with Crippen LogP contribution in [0.15, 0.2) is 28.0 Å². The van der Waals surface area contributed by atoms with Crippen LogP contribution in [-0.2, 0) is 6.54 Å². The Morgan fingerprint density at radius 2 is 1.61 bits per heavy atom. The predicted octanol–water partition coefficient (Wildman–Crippen LogP) is 3.90. The molecule has 0 aliphatic carbocycles. The van der Waals surface area contributed by atoms with Crippen LogP contribution in [0.5, 0.6) is 0 Å². The molecular weight excluding hydrogens is 354 g/mol. The lowest BCUT2D eigenvalue weighted by Gasteiger charge is -2.16. The van der Waals surface area contributed by atoms with Crippen LogP contribution in [0.1, 0.15) is 71.1 Å². The van der Waals surface area contributed by atoms with Crippen molar-refractivity contribution >= 4 is 11.0 Å². The average molecular weight is 383 g/mol. The van der Waals surface area contributed by atoms with Gasteiger partial charge in [0.2, 0.25) is 0 Å². The molecule has 1 N–H and O–H groups in total. The van der Waals surface area contributed by atoms with Crippen LogP contribution in [0.4, 0.5) is 0 Å². The number of unbranched alkanes of at least 4 members (excludes halogenated alkanes) is 9. The van der Waals surface area contributed by atoms with Gasteiger partial charge >= 0.3 is 5.69 Å². The van der Waals surface area contributed by atoms with Gasteiger partial charge in [0.25, 0.3) is 5.56 Å². The van der Waals surface area contributed by atoms with Crippen LogP contribution in [0.2, 0.25) is 0 Å². The van der Waals surface area contributed by atoms with Crippen LogP contribution in [0.25, 0.3) is 22.6 Å². The molecule has 2 aliphatic heterocycles. The number of nitrogens with zero attached hydrogens (tertiary/aromatic N) is 4. The van der Waals surface area contributed by atoms with E-state index in [0.717, 1.165) is 18.4 Å². The molecule has 0 fully saturated rings. The fourth-order valence-corrected chi connectivity index (χ4v) is 3.62. The van der Waals surface area contributed by atoms with Crippen molar-refractivity contribution in [3.8, 4) is 11.5 Å². The number of rotatable bonds is 11. The molecule has 2 aliphatic rings. The molecule has 150 valence electrons. The molecule has 0 spiro atoms. The fraction of sp³-hybridized carbons (Fsp3) is 0.571. The average Bonchev–Trinajstić information content (AvgIpc) is 2.69. The second kappa shape index (κ2) is 10.1. The summed E-state index contributed by atoms with van der Waals surface area (Å²) in [6, 6.07) is 1.77. The molecule has 0 atom stereocenters. The molecular formula is C21H29N5O2. The van der Waals surface area contributed by atoms with Gasteiger partial charge in [-0.1, -0.05) is 64.7 Å². The summed E-state index contributed by atoms with van der Waals surface area (Å²) in [5.74, 6) is 0.338. The number of aromatic amines is 1. The number of fused-ring (bicyclic) bond motifs is 2. The van der Waals surface area contributed by atoms with Gasteiger partial charge in [0.1, 0.15) is 0 Å². The number of pyridine rings is 1. The lowest BCUT2D eigenvalue weighted by molar-refractivity contribution is 0.537. The molecule has 0 saturated heterocycles. The molecule has 28 heavy (non-hydrogen) atoms. The normalized spacial score (nSPS) is 11.5. The lowest BCUT2D eigenvalue weighted by Crippen LogP contribution is -2.29. The summed E-state index contributed by atoms with van der Waals surface area (Å²) in [6.07, 6.45) is 15.9. The molecule has 0 saturated carbocycles. The summed E-state index contributed by atoms with van der Waals surface area (Å²) >= 11 is 0. The summed E-state index contributed by atoms with van der Waals surface area (Å²) in [7, 11) is 0. The summed E-state index contributed by atoms with van der Waals surface area (Å²) < 4.78 is 1.91. The van der Waals surface area contributed by atoms with Gasteiger partial charge in [-0.15, -0.1) is 0 Å². The number of hydrogen-bond donors (Lipinski definition) is 1. The second-order valence-electron chi connectivity index (χ2n) is 7.35. The minimum atomic E-state index is -0.639. The van der Waals surface area contributed by atoms with Crippen LogP contribution >= 0.6 is 0 Å². The third-order valence-electron chi connectivity index (χ3n) is 5.15. The van der Waals surface area contributed by atoms with Crippen molar-refractivity contribution in [1.29, 1.82) is 0 Å². The zero-order valence-electron chi connectivity index (χ0n) is 16.6. The van der Waals surface area contributed by atoms with Gasteiger partial charge in [0.05, 0.1) is 17.2 Å². The number of aromatic nitrogens is 5. The molecule has 7 heteroatoms. The molecule has 7 nitrogen and oxygen atoms in total. The lowest BCUT2D eigenvalue weighted by atomic mass is 10.1. The van der Waals surface area contributed by atoms with Crippen molar-refractivity contribution in [1.82, 2.24) is 24.5 Å². The van der Waals surface area contributed by atoms with Gasteiger partial charge < -0.3 is 4.57 Å². The SMILES string of the molecule is CCCCCCCCCCCCn1c2nc(=O)[nH]c(=O)c-2nc2ccncc21. The molecule has 1 aromatic rings. The summed E-state index contributed by atoms with van der Waals surface area (Å²) in [5.41, 5.74) is 0.541. The maximum Gasteiger partial charge on any atom is 0.349 e. The van der Waals surface area contributed by atoms with Crippen LogP contribution < -0.4 is 11.2 Å². The minimum Gasteiger partial charge on any atom is -0.321 e. The predicted molar refractivity (Wildman–Crippen MR) is 111 cm³/mol. The van der Waals surface area contributed by atoms with Gasteiger partial charge in [-0.2, -0.15) is 4.98 Å². The van der Waals surface area contributed by atoms with Crippen LogP contribution in [0, 0.1) is 0 Å². The van der Waals surface area contributed by atoms with Crippen molar-refractivity contribution in [2.24, 2.45) is 0 Å². The van der Waals surface area contributed by atoms with E-state index in [1.54, 1.807) is 18.5 Å². The van der Waals surface area contributed by atoms with Crippen LogP contribution in [0.3, 0.4) is 0 Å². The minimum absolute atomic E-state index is 0.199. The van der Waals surface area contributed by atoms with E-state index >= 15 is 0 Å². The largest absolute Gasteiger partial charge is 0.349 e. The van der Waals surface area contributed by atoms with E-state index in [-0.39, 0.29) is 5.69 Å². The zero-order valence-corrected chi connectivity index (χ0v) is 16.6. The number of hydrogen-bond acceptors (Lipinski definition) is 5. The molecule has 0 amide bonds. The monoisotopic (exact) mass is 383 g/mol. The topological polar surface area (TPSA) is 93.5 Å². The number of H-pyrrole nitrogens is 1. The zero-order chi connectivity index (χ0) is 19.8. The van der Waals surface area contributed by atoms with Crippen molar-refractivity contribution in [3.63, 3.8) is 0 Å². The van der Waals surface area contributed by atoms with Gasteiger partial charge in [-0.05, 0) is 12.5 Å². The third kappa shape index (κ3) is 5.03. The smallest absolute Gasteiger partial charge is 0.321 e. The van der Waals surface area contributed by atoms with Crippen molar-refractivity contribution in [2.75, 3.05) is 0 Å². The second-order valence-corrected chi connectivity index (χ2v) is 7.35. The fourth-order valence-electron chi connectivity index (χ4n) is 3.62. The van der Waals surface area contributed by atoms with Gasteiger partial charge in [-0.25, -0.2) is 9.78 Å². The Morgan fingerprint density at radius 1 is 0.929 bits per heavy atom. The van der Waals surface area contributed by atoms with E-state index in [9.17, 15) is 9.59 Å². The first kappa shape index (κ1) is 20.2. The standard InChI is InChI=1S/C21H29N5O2/c1-2-3-4-5-6-7-8-9-10-11-14-26-17-15-22-13-12-16(17)23-18-19(26)24-21(28)25-20(18)27/h12-13,15H,2-11,14H2,1H3,(H,25,27,28). The molecule has 1 aromatic heterocycles. The van der Waals surface area contributed by atoms with E-state index in [1.165, 1.54) is 51.4 Å². The first-order valence-corrected chi connectivity index (χ1v) is 10.5. The third-order valence-corrected chi connectivity index (χ3v) is 5.15. The van der Waals surface area contributed by atoms with Gasteiger partial charge in [-0.3, -0.25) is 14.8 Å². The Labute approximate surface area is 164 Å². The number of aryl methyl sites for hydroxylation is 1. The Bertz CT molecular complexity index is 979. The van der Waals surface area contributed by atoms with Gasteiger partial charge in [0, 0.05) is 12.7 Å². The molecule has 0 aromatic carbocycles. The molecule has 3 heterocycles. The highest BCUT2D eigenvalue weighted by molar-refractivity contribution is 5.78. The molecule has 0 unspecified atom stereocenters. The Kier molecular flexibility index (Phi) is 7.28. The van der Waals surface area contributed by atoms with E-state index in [2.05, 4.69) is 26.9 Å². The first-order chi connectivity index (χ1) is 13.7. The highest BCUT2D eigenvalue weighted by Gasteiger charge is 2.18. The van der Waals surface area contributed by atoms with Crippen molar-refractivity contribution < 1.29 is 0 Å². The van der Waals surface area contributed by atoms with E-state index in [1.807, 2.05) is 4.57 Å². The number of nitrogens with one attached hydrogen (secondary N) is 1. The van der Waals surface area contributed by atoms with E-state index in [4.69, 9.17) is 0 Å². The van der Waals surface area contributed by atoms with E-state index < -0.39 is 11.2 Å². The summed E-state index contributed by atoms with van der Waals surface area (Å²) in [4.78, 5) is 38.6.